The summed E-state index contributed by atoms with van der Waals surface area (Å²) >= 11 is 1.43. The summed E-state index contributed by atoms with van der Waals surface area (Å²) in [7, 11) is 0. The molecule has 2 aromatic rings. The second kappa shape index (κ2) is 4.70. The zero-order valence-corrected chi connectivity index (χ0v) is 11.3. The summed E-state index contributed by atoms with van der Waals surface area (Å²) in [6, 6.07) is 4.24. The molecule has 3 rings (SSSR count). The van der Waals surface area contributed by atoms with Crippen LogP contribution < -0.4 is 4.90 Å². The first-order valence-corrected chi connectivity index (χ1v) is 6.96. The van der Waals surface area contributed by atoms with Crippen LogP contribution >= 0.6 is 11.3 Å². The van der Waals surface area contributed by atoms with Gasteiger partial charge in [0.05, 0.1) is 12.8 Å². The van der Waals surface area contributed by atoms with E-state index in [4.69, 9.17) is 9.52 Å². The van der Waals surface area contributed by atoms with E-state index in [9.17, 15) is 4.79 Å². The molecule has 2 aromatic heterocycles. The number of rotatable bonds is 5. The lowest BCUT2D eigenvalue weighted by molar-refractivity contribution is 0.0690. The fraction of sp³-hybridized carbons (Fsp3) is 0.385. The molecule has 1 aliphatic carbocycles. The van der Waals surface area contributed by atoms with E-state index in [1.54, 1.807) is 13.2 Å². The first-order valence-electron chi connectivity index (χ1n) is 6.15. The Kier molecular flexibility index (Phi) is 3.02. The molecule has 0 amide bonds. The fourth-order valence-electron chi connectivity index (χ4n) is 2.01. The lowest BCUT2D eigenvalue weighted by Crippen LogP contribution is -2.24. The van der Waals surface area contributed by atoms with Crippen LogP contribution in [0, 0.1) is 6.92 Å². The Morgan fingerprint density at radius 2 is 2.42 bits per heavy atom. The minimum Gasteiger partial charge on any atom is -0.476 e. The normalized spacial score (nSPS) is 14.6. The molecule has 0 aliphatic heterocycles. The van der Waals surface area contributed by atoms with Crippen molar-refractivity contribution in [1.29, 1.82) is 0 Å². The number of nitrogens with zero attached hydrogens (tertiary/aromatic N) is 2. The van der Waals surface area contributed by atoms with Crippen molar-refractivity contribution < 1.29 is 14.3 Å². The summed E-state index contributed by atoms with van der Waals surface area (Å²) in [5.74, 6) is -0.0922. The van der Waals surface area contributed by atoms with Gasteiger partial charge in [0.1, 0.15) is 5.76 Å². The zero-order chi connectivity index (χ0) is 13.4. The topological polar surface area (TPSA) is 66.6 Å². The molecule has 100 valence electrons. The number of carboxylic acids is 1. The van der Waals surface area contributed by atoms with E-state index in [-0.39, 0.29) is 5.69 Å². The lowest BCUT2D eigenvalue weighted by atomic mass is 10.4. The van der Waals surface area contributed by atoms with Gasteiger partial charge >= 0.3 is 5.97 Å². The van der Waals surface area contributed by atoms with Gasteiger partial charge < -0.3 is 14.4 Å². The second-order valence-corrected chi connectivity index (χ2v) is 5.83. The maximum Gasteiger partial charge on any atom is 0.355 e. The molecule has 1 aliphatic rings. The van der Waals surface area contributed by atoms with Crippen LogP contribution in [0.3, 0.4) is 0 Å². The number of aryl methyl sites for hydroxylation is 1. The summed E-state index contributed by atoms with van der Waals surface area (Å²) in [6.45, 7) is 2.44. The van der Waals surface area contributed by atoms with Gasteiger partial charge in [-0.1, -0.05) is 0 Å². The van der Waals surface area contributed by atoms with Crippen LogP contribution in [0.25, 0.3) is 0 Å². The Balaban J connectivity index is 1.87. The molecule has 0 saturated heterocycles. The molecular weight excluding hydrogens is 264 g/mol. The standard InChI is InChI=1S/C13H14N2O3S/c1-8-11(12(16)17)14-13(19-8)15(9-4-5-9)7-10-3-2-6-18-10/h2-3,6,9H,4-5,7H2,1H3,(H,16,17). The number of hydrogen-bond donors (Lipinski definition) is 1. The van der Waals surface area contributed by atoms with Crippen LogP contribution in [-0.4, -0.2) is 22.1 Å². The van der Waals surface area contributed by atoms with Gasteiger partial charge in [0.25, 0.3) is 0 Å². The summed E-state index contributed by atoms with van der Waals surface area (Å²) in [6.07, 6.45) is 3.90. The van der Waals surface area contributed by atoms with E-state index >= 15 is 0 Å². The van der Waals surface area contributed by atoms with Crippen LogP contribution in [0.1, 0.15) is 34.0 Å². The van der Waals surface area contributed by atoms with Crippen molar-refractivity contribution in [1.82, 2.24) is 4.98 Å². The molecular formula is C13H14N2O3S. The largest absolute Gasteiger partial charge is 0.476 e. The predicted octanol–water partition coefficient (Wildman–Crippen LogP) is 2.91. The van der Waals surface area contributed by atoms with E-state index in [0.717, 1.165) is 28.6 Å². The lowest BCUT2D eigenvalue weighted by Gasteiger charge is -2.19. The van der Waals surface area contributed by atoms with E-state index in [0.29, 0.717) is 12.6 Å². The number of carboxylic acid groups (broad SMARTS) is 1. The Morgan fingerprint density at radius 1 is 1.63 bits per heavy atom. The number of aromatic carboxylic acids is 1. The van der Waals surface area contributed by atoms with Crippen LogP contribution in [0.2, 0.25) is 0 Å². The molecule has 1 N–H and O–H groups in total. The molecule has 5 nitrogen and oxygen atoms in total. The summed E-state index contributed by atoms with van der Waals surface area (Å²) in [4.78, 5) is 18.2. The minimum atomic E-state index is -0.964. The highest BCUT2D eigenvalue weighted by Crippen LogP contribution is 2.36. The van der Waals surface area contributed by atoms with Crippen molar-refractivity contribution in [3.05, 3.63) is 34.7 Å². The highest BCUT2D eigenvalue weighted by atomic mass is 32.1. The van der Waals surface area contributed by atoms with Crippen LogP contribution in [0.4, 0.5) is 5.13 Å². The van der Waals surface area contributed by atoms with Crippen molar-refractivity contribution >= 4 is 22.4 Å². The van der Waals surface area contributed by atoms with Gasteiger partial charge in [0.15, 0.2) is 10.8 Å². The maximum absolute atomic E-state index is 11.1. The van der Waals surface area contributed by atoms with Crippen LogP contribution in [0.15, 0.2) is 22.8 Å². The first-order chi connectivity index (χ1) is 9.15. The number of anilines is 1. The van der Waals surface area contributed by atoms with Gasteiger partial charge in [0, 0.05) is 10.9 Å². The van der Waals surface area contributed by atoms with Crippen molar-refractivity contribution in [2.45, 2.75) is 32.4 Å². The molecule has 1 saturated carbocycles. The zero-order valence-electron chi connectivity index (χ0n) is 10.5. The van der Waals surface area contributed by atoms with Crippen LogP contribution in [0.5, 0.6) is 0 Å². The Bertz CT molecular complexity index is 587. The molecule has 0 atom stereocenters. The predicted molar refractivity (Wildman–Crippen MR) is 71.7 cm³/mol. The molecule has 19 heavy (non-hydrogen) atoms. The monoisotopic (exact) mass is 278 g/mol. The molecule has 0 radical (unpaired) electrons. The van der Waals surface area contributed by atoms with E-state index in [1.807, 2.05) is 12.1 Å². The van der Waals surface area contributed by atoms with E-state index in [2.05, 4.69) is 9.88 Å². The fourth-order valence-corrected chi connectivity index (χ4v) is 2.98. The Labute approximate surface area is 114 Å². The molecule has 0 bridgehead atoms. The third kappa shape index (κ3) is 2.49. The van der Waals surface area contributed by atoms with Gasteiger partial charge in [-0.05, 0) is 31.9 Å². The van der Waals surface area contributed by atoms with Gasteiger partial charge in [-0.2, -0.15) is 0 Å². The molecule has 1 fully saturated rings. The number of aromatic nitrogens is 1. The van der Waals surface area contributed by atoms with Crippen molar-refractivity contribution in [3.8, 4) is 0 Å². The van der Waals surface area contributed by atoms with Crippen molar-refractivity contribution in [2.75, 3.05) is 4.90 Å². The smallest absolute Gasteiger partial charge is 0.355 e. The van der Waals surface area contributed by atoms with Gasteiger partial charge in [-0.15, -0.1) is 11.3 Å². The van der Waals surface area contributed by atoms with Gasteiger partial charge in [-0.3, -0.25) is 0 Å². The van der Waals surface area contributed by atoms with Crippen molar-refractivity contribution in [3.63, 3.8) is 0 Å². The van der Waals surface area contributed by atoms with Crippen molar-refractivity contribution in [2.24, 2.45) is 0 Å². The van der Waals surface area contributed by atoms with E-state index < -0.39 is 5.97 Å². The highest BCUT2D eigenvalue weighted by Gasteiger charge is 2.32. The molecule has 0 spiro atoms. The van der Waals surface area contributed by atoms with E-state index in [1.165, 1.54) is 11.3 Å². The molecule has 2 heterocycles. The molecule has 6 heteroatoms. The van der Waals surface area contributed by atoms with Gasteiger partial charge in [0.2, 0.25) is 0 Å². The van der Waals surface area contributed by atoms with Gasteiger partial charge in [-0.25, -0.2) is 9.78 Å². The average molecular weight is 278 g/mol. The molecule has 0 aromatic carbocycles. The SMILES string of the molecule is Cc1sc(N(Cc2ccco2)C2CC2)nc1C(=O)O. The van der Waals surface area contributed by atoms with Crippen LogP contribution in [-0.2, 0) is 6.54 Å². The second-order valence-electron chi connectivity index (χ2n) is 4.64. The maximum atomic E-state index is 11.1. The average Bonchev–Trinajstić information content (AvgIpc) is 2.93. The third-order valence-corrected chi connectivity index (χ3v) is 4.14. The Hall–Kier alpha value is -1.82. The first kappa shape index (κ1) is 12.2. The summed E-state index contributed by atoms with van der Waals surface area (Å²) in [5.41, 5.74) is 0.157. The number of furan rings is 1. The third-order valence-electron chi connectivity index (χ3n) is 3.13. The number of carbonyl (C=O) groups is 1. The Morgan fingerprint density at radius 3 is 2.95 bits per heavy atom. The summed E-state index contributed by atoms with van der Waals surface area (Å²) < 4.78 is 5.37. The quantitative estimate of drug-likeness (QED) is 0.910. The summed E-state index contributed by atoms with van der Waals surface area (Å²) in [5, 5.41) is 9.85. The number of hydrogen-bond acceptors (Lipinski definition) is 5. The molecule has 0 unspecified atom stereocenters. The number of thiazole rings is 1. The minimum absolute atomic E-state index is 0.157. The highest BCUT2D eigenvalue weighted by molar-refractivity contribution is 7.15.